The number of hydrogen-bond acceptors (Lipinski definition) is 7. The highest BCUT2D eigenvalue weighted by Gasteiger charge is 2.41. The number of carbonyl (C=O) groups is 2. The van der Waals surface area contributed by atoms with Crippen LogP contribution in [0.5, 0.6) is 0 Å². The molecule has 176 valence electrons. The van der Waals surface area contributed by atoms with Gasteiger partial charge in [0.1, 0.15) is 6.61 Å². The van der Waals surface area contributed by atoms with Gasteiger partial charge in [-0.05, 0) is 30.4 Å². The number of Topliss-reactive ketones (excluding diaryl/α,β-unsaturated/α-hetero) is 1. The largest absolute Gasteiger partial charge is 0.460 e. The van der Waals surface area contributed by atoms with Gasteiger partial charge in [-0.15, -0.1) is 0 Å². The number of dihydropyridines is 1. The number of nitro benzene ring substituents is 1. The molecule has 0 radical (unpaired) electrons. The van der Waals surface area contributed by atoms with Crippen LogP contribution in [0.4, 0.5) is 5.69 Å². The summed E-state index contributed by atoms with van der Waals surface area (Å²) < 4.78 is 10.4. The van der Waals surface area contributed by atoms with Crippen LogP contribution in [-0.4, -0.2) is 37.0 Å². The molecule has 0 saturated heterocycles. The average Bonchev–Trinajstić information content (AvgIpc) is 2.83. The zero-order valence-electron chi connectivity index (χ0n) is 19.1. The molecule has 2 aromatic carbocycles. The van der Waals surface area contributed by atoms with E-state index in [1.54, 1.807) is 19.1 Å². The minimum absolute atomic E-state index is 0.0282. The Morgan fingerprint density at radius 2 is 1.76 bits per heavy atom. The highest BCUT2D eigenvalue weighted by molar-refractivity contribution is 6.04. The molecule has 1 heterocycles. The molecule has 0 aromatic heterocycles. The number of ketones is 1. The quantitative estimate of drug-likeness (QED) is 0.285. The van der Waals surface area contributed by atoms with Crippen molar-refractivity contribution < 1.29 is 24.0 Å². The number of ether oxygens (including phenoxy) is 2. The molecule has 34 heavy (non-hydrogen) atoms. The standard InChI is InChI=1S/C26H26N2O6/c1-16-23(26(30)34-13-12-33-2)24(18-8-10-20(11-9-18)28(31)32)25-21(27-16)14-19(15-22(25)29)17-6-4-3-5-7-17/h3-11,19,24,27H,12-15H2,1-2H3/t19-,24+/m1/s1. The Morgan fingerprint density at radius 1 is 1.06 bits per heavy atom. The van der Waals surface area contributed by atoms with E-state index in [0.29, 0.717) is 35.2 Å². The van der Waals surface area contributed by atoms with Crippen LogP contribution in [-0.2, 0) is 19.1 Å². The molecule has 8 heteroatoms. The fourth-order valence-corrected chi connectivity index (χ4v) is 4.69. The monoisotopic (exact) mass is 462 g/mol. The van der Waals surface area contributed by atoms with E-state index in [1.807, 2.05) is 30.3 Å². The molecule has 0 saturated carbocycles. The van der Waals surface area contributed by atoms with Gasteiger partial charge in [-0.3, -0.25) is 14.9 Å². The number of hydrogen-bond donors (Lipinski definition) is 1. The Labute approximate surface area is 197 Å². The third-order valence-corrected chi connectivity index (χ3v) is 6.28. The summed E-state index contributed by atoms with van der Waals surface area (Å²) in [6.07, 6.45) is 0.941. The van der Waals surface area contributed by atoms with Gasteiger partial charge in [0.2, 0.25) is 0 Å². The SMILES string of the molecule is COCCOC(=O)C1=C(C)NC2=C(C(=O)C[C@H](c3ccccc3)C2)[C@H]1c1ccc([N+](=O)[O-])cc1. The van der Waals surface area contributed by atoms with Crippen molar-refractivity contribution in [2.24, 2.45) is 0 Å². The molecule has 1 aliphatic heterocycles. The van der Waals surface area contributed by atoms with E-state index in [0.717, 1.165) is 11.3 Å². The Balaban J connectivity index is 1.76. The second-order valence-electron chi connectivity index (χ2n) is 8.41. The molecule has 1 N–H and O–H groups in total. The topological polar surface area (TPSA) is 108 Å². The van der Waals surface area contributed by atoms with Crippen molar-refractivity contribution in [3.05, 3.63) is 98.4 Å². The molecular formula is C26H26N2O6. The molecule has 8 nitrogen and oxygen atoms in total. The van der Waals surface area contributed by atoms with Crippen molar-refractivity contribution in [1.82, 2.24) is 5.32 Å². The smallest absolute Gasteiger partial charge is 0.336 e. The molecule has 0 fully saturated rings. The fourth-order valence-electron chi connectivity index (χ4n) is 4.69. The zero-order valence-corrected chi connectivity index (χ0v) is 19.1. The van der Waals surface area contributed by atoms with E-state index < -0.39 is 16.8 Å². The van der Waals surface area contributed by atoms with Crippen molar-refractivity contribution >= 4 is 17.4 Å². The van der Waals surface area contributed by atoms with Crippen molar-refractivity contribution in [2.75, 3.05) is 20.3 Å². The highest BCUT2D eigenvalue weighted by atomic mass is 16.6. The molecule has 0 unspecified atom stereocenters. The predicted molar refractivity (Wildman–Crippen MR) is 125 cm³/mol. The first-order chi connectivity index (χ1) is 16.4. The molecule has 2 atom stereocenters. The number of esters is 1. The normalized spacial score (nSPS) is 20.0. The first kappa shape index (κ1) is 23.4. The predicted octanol–water partition coefficient (Wildman–Crippen LogP) is 4.15. The minimum atomic E-state index is -0.670. The third-order valence-electron chi connectivity index (χ3n) is 6.28. The van der Waals surface area contributed by atoms with Crippen molar-refractivity contribution in [1.29, 1.82) is 0 Å². The summed E-state index contributed by atoms with van der Waals surface area (Å²) in [7, 11) is 1.52. The van der Waals surface area contributed by atoms with Crippen LogP contribution in [0.3, 0.4) is 0 Å². The zero-order chi connectivity index (χ0) is 24.2. The summed E-state index contributed by atoms with van der Waals surface area (Å²) >= 11 is 0. The van der Waals surface area contributed by atoms with Crippen LogP contribution in [0, 0.1) is 10.1 Å². The molecule has 2 aliphatic rings. The van der Waals surface area contributed by atoms with Gasteiger partial charge in [-0.25, -0.2) is 4.79 Å². The van der Waals surface area contributed by atoms with Crippen LogP contribution in [0.25, 0.3) is 0 Å². The lowest BCUT2D eigenvalue weighted by molar-refractivity contribution is -0.384. The lowest BCUT2D eigenvalue weighted by Crippen LogP contribution is -2.36. The van der Waals surface area contributed by atoms with E-state index in [2.05, 4.69) is 5.32 Å². The number of nitrogens with zero attached hydrogens (tertiary/aromatic N) is 1. The second-order valence-corrected chi connectivity index (χ2v) is 8.41. The van der Waals surface area contributed by atoms with Crippen LogP contribution < -0.4 is 5.32 Å². The van der Waals surface area contributed by atoms with E-state index in [1.165, 1.54) is 19.2 Å². The summed E-state index contributed by atoms with van der Waals surface area (Å²) in [6.45, 7) is 2.11. The second kappa shape index (κ2) is 10.0. The first-order valence-corrected chi connectivity index (χ1v) is 11.1. The number of nitrogens with one attached hydrogen (secondary N) is 1. The van der Waals surface area contributed by atoms with E-state index in [4.69, 9.17) is 9.47 Å². The molecule has 4 rings (SSSR count). The van der Waals surface area contributed by atoms with E-state index in [-0.39, 0.29) is 30.6 Å². The third kappa shape index (κ3) is 4.63. The van der Waals surface area contributed by atoms with Gasteiger partial charge in [0.15, 0.2) is 5.78 Å². The molecule has 0 amide bonds. The van der Waals surface area contributed by atoms with Gasteiger partial charge in [-0.2, -0.15) is 0 Å². The number of allylic oxidation sites excluding steroid dienone is 3. The summed E-state index contributed by atoms with van der Waals surface area (Å²) in [5.74, 6) is -1.24. The molecule has 1 aliphatic carbocycles. The van der Waals surface area contributed by atoms with Gasteiger partial charge >= 0.3 is 5.97 Å². The number of methoxy groups -OCH3 is 1. The molecule has 0 spiro atoms. The van der Waals surface area contributed by atoms with Crippen molar-refractivity contribution in [2.45, 2.75) is 31.6 Å². The van der Waals surface area contributed by atoms with Gasteiger partial charge in [0.05, 0.1) is 17.1 Å². The van der Waals surface area contributed by atoms with Crippen LogP contribution >= 0.6 is 0 Å². The number of nitro groups is 1. The van der Waals surface area contributed by atoms with Crippen LogP contribution in [0.1, 0.15) is 42.7 Å². The maximum Gasteiger partial charge on any atom is 0.336 e. The maximum absolute atomic E-state index is 13.5. The minimum Gasteiger partial charge on any atom is -0.460 e. The molecule has 2 aromatic rings. The van der Waals surface area contributed by atoms with Gasteiger partial charge in [0, 0.05) is 48.5 Å². The number of benzene rings is 2. The summed E-state index contributed by atoms with van der Waals surface area (Å²) in [6, 6.07) is 15.9. The Bertz CT molecular complexity index is 1170. The van der Waals surface area contributed by atoms with Crippen molar-refractivity contribution in [3.63, 3.8) is 0 Å². The van der Waals surface area contributed by atoms with Gasteiger partial charge in [0.25, 0.3) is 5.69 Å². The van der Waals surface area contributed by atoms with Crippen LogP contribution in [0.2, 0.25) is 0 Å². The fraction of sp³-hybridized carbons (Fsp3) is 0.308. The average molecular weight is 463 g/mol. The summed E-state index contributed by atoms with van der Waals surface area (Å²) in [4.78, 5) is 37.3. The van der Waals surface area contributed by atoms with Gasteiger partial charge in [-0.1, -0.05) is 42.5 Å². The number of carbonyl (C=O) groups excluding carboxylic acids is 2. The first-order valence-electron chi connectivity index (χ1n) is 11.1. The molecule has 0 bridgehead atoms. The summed E-state index contributed by atoms with van der Waals surface area (Å²) in [5, 5.41) is 14.4. The lowest BCUT2D eigenvalue weighted by Gasteiger charge is -2.36. The Hall–Kier alpha value is -3.78. The van der Waals surface area contributed by atoms with Gasteiger partial charge < -0.3 is 14.8 Å². The van der Waals surface area contributed by atoms with E-state index >= 15 is 0 Å². The number of non-ortho nitro benzene ring substituents is 1. The highest BCUT2D eigenvalue weighted by Crippen LogP contribution is 2.45. The van der Waals surface area contributed by atoms with Crippen molar-refractivity contribution in [3.8, 4) is 0 Å². The van der Waals surface area contributed by atoms with E-state index in [9.17, 15) is 19.7 Å². The van der Waals surface area contributed by atoms with Crippen LogP contribution in [0.15, 0.2) is 77.1 Å². The Kier molecular flexibility index (Phi) is 6.88. The lowest BCUT2D eigenvalue weighted by atomic mass is 9.71. The number of rotatable bonds is 7. The summed E-state index contributed by atoms with van der Waals surface area (Å²) in [5.41, 5.74) is 3.88. The maximum atomic E-state index is 13.5. The molecular weight excluding hydrogens is 436 g/mol. The Morgan fingerprint density at radius 3 is 2.41 bits per heavy atom.